The molecule has 0 spiro atoms. The summed E-state index contributed by atoms with van der Waals surface area (Å²) >= 11 is 0. The Morgan fingerprint density at radius 3 is 2.12 bits per heavy atom. The summed E-state index contributed by atoms with van der Waals surface area (Å²) in [4.78, 5) is 0. The lowest BCUT2D eigenvalue weighted by atomic mass is 10.0. The molecular formula is C22H21O2P. The zero-order valence-electron chi connectivity index (χ0n) is 14.5. The molecule has 1 aliphatic heterocycles. The van der Waals surface area contributed by atoms with Crippen molar-refractivity contribution in [1.29, 1.82) is 0 Å². The van der Waals surface area contributed by atoms with E-state index in [2.05, 4.69) is 68.4 Å². The molecule has 0 fully saturated rings. The molecule has 0 aliphatic carbocycles. The monoisotopic (exact) mass is 348 g/mol. The highest BCUT2D eigenvalue weighted by atomic mass is 31.2. The maximum absolute atomic E-state index is 6.53. The van der Waals surface area contributed by atoms with Crippen molar-refractivity contribution in [2.45, 2.75) is 26.7 Å². The molecule has 1 heterocycles. The van der Waals surface area contributed by atoms with E-state index in [1.54, 1.807) is 0 Å². The van der Waals surface area contributed by atoms with Crippen LogP contribution in [-0.4, -0.2) is 0 Å². The average Bonchev–Trinajstić information content (AvgIpc) is 2.68. The van der Waals surface area contributed by atoms with Crippen molar-refractivity contribution in [1.82, 2.24) is 0 Å². The highest BCUT2D eigenvalue weighted by Gasteiger charge is 2.29. The number of rotatable bonds is 4. The molecule has 0 saturated heterocycles. The summed E-state index contributed by atoms with van der Waals surface area (Å²) in [6, 6.07) is 23.0. The van der Waals surface area contributed by atoms with Gasteiger partial charge in [0.1, 0.15) is 11.5 Å². The van der Waals surface area contributed by atoms with Crippen molar-refractivity contribution in [3.8, 4) is 22.6 Å². The fraction of sp³-hybridized carbons (Fsp3) is 0.182. The largest absolute Gasteiger partial charge is 0.435 e. The van der Waals surface area contributed by atoms with Gasteiger partial charge in [-0.25, -0.2) is 0 Å². The highest BCUT2D eigenvalue weighted by molar-refractivity contribution is 7.57. The van der Waals surface area contributed by atoms with Gasteiger partial charge in [0.15, 0.2) is 0 Å². The van der Waals surface area contributed by atoms with Crippen LogP contribution in [0.15, 0.2) is 66.7 Å². The van der Waals surface area contributed by atoms with Gasteiger partial charge in [0, 0.05) is 5.56 Å². The minimum atomic E-state index is -1.19. The van der Waals surface area contributed by atoms with Gasteiger partial charge in [0.05, 0.1) is 5.30 Å². The Hall–Kier alpha value is -2.31. The Labute approximate surface area is 150 Å². The van der Waals surface area contributed by atoms with Gasteiger partial charge in [-0.15, -0.1) is 0 Å². The summed E-state index contributed by atoms with van der Waals surface area (Å²) in [6.45, 7) is 4.33. The first-order valence-electron chi connectivity index (χ1n) is 8.77. The van der Waals surface area contributed by atoms with Crippen LogP contribution in [0.1, 0.15) is 25.0 Å². The first-order valence-corrected chi connectivity index (χ1v) is 9.94. The highest BCUT2D eigenvalue weighted by Crippen LogP contribution is 2.50. The number of aryl methyl sites for hydroxylation is 2. The van der Waals surface area contributed by atoms with Gasteiger partial charge in [-0.3, -0.25) is 0 Å². The molecule has 1 unspecified atom stereocenters. The molecule has 25 heavy (non-hydrogen) atoms. The van der Waals surface area contributed by atoms with Crippen molar-refractivity contribution < 1.29 is 9.05 Å². The Morgan fingerprint density at radius 2 is 1.40 bits per heavy atom. The van der Waals surface area contributed by atoms with Gasteiger partial charge < -0.3 is 9.05 Å². The first kappa shape index (κ1) is 16.2. The van der Waals surface area contributed by atoms with E-state index in [9.17, 15) is 0 Å². The smallest absolute Gasteiger partial charge is 0.326 e. The molecule has 0 bridgehead atoms. The van der Waals surface area contributed by atoms with Crippen LogP contribution in [0.4, 0.5) is 0 Å². The first-order chi connectivity index (χ1) is 12.3. The summed E-state index contributed by atoms with van der Waals surface area (Å²) in [7, 11) is -1.19. The van der Waals surface area contributed by atoms with Gasteiger partial charge in [-0.2, -0.15) is 0 Å². The van der Waals surface area contributed by atoms with Crippen molar-refractivity contribution in [2.24, 2.45) is 0 Å². The third kappa shape index (κ3) is 2.92. The SMILES string of the molecule is CCc1cccc(CC)c1OP1Oc2ccccc2-c2ccccc21. The van der Waals surface area contributed by atoms with Crippen molar-refractivity contribution in [3.05, 3.63) is 77.9 Å². The second-order valence-electron chi connectivity index (χ2n) is 6.07. The van der Waals surface area contributed by atoms with E-state index in [4.69, 9.17) is 9.05 Å². The van der Waals surface area contributed by atoms with E-state index in [-0.39, 0.29) is 0 Å². The number of benzene rings is 3. The van der Waals surface area contributed by atoms with E-state index in [0.29, 0.717) is 0 Å². The van der Waals surface area contributed by atoms with Gasteiger partial charge in [-0.1, -0.05) is 68.4 Å². The van der Waals surface area contributed by atoms with Gasteiger partial charge in [-0.05, 0) is 41.7 Å². The molecule has 0 aromatic heterocycles. The van der Waals surface area contributed by atoms with Gasteiger partial charge in [0.2, 0.25) is 0 Å². The predicted molar refractivity (Wildman–Crippen MR) is 105 cm³/mol. The zero-order chi connectivity index (χ0) is 17.2. The molecule has 126 valence electrons. The Bertz CT molecular complexity index is 882. The van der Waals surface area contributed by atoms with Crippen LogP contribution in [0.3, 0.4) is 0 Å². The van der Waals surface area contributed by atoms with Crippen molar-refractivity contribution in [2.75, 3.05) is 0 Å². The number of para-hydroxylation sites is 2. The lowest BCUT2D eigenvalue weighted by Gasteiger charge is -2.28. The summed E-state index contributed by atoms with van der Waals surface area (Å²) in [6.07, 6.45) is 1.90. The number of hydrogen-bond acceptors (Lipinski definition) is 2. The molecule has 0 N–H and O–H groups in total. The molecule has 0 saturated carbocycles. The molecule has 2 nitrogen and oxygen atoms in total. The normalized spacial score (nSPS) is 15.0. The lowest BCUT2D eigenvalue weighted by molar-refractivity contribution is 0.493. The molecule has 1 aliphatic rings. The van der Waals surface area contributed by atoms with Crippen LogP contribution in [0.2, 0.25) is 0 Å². The molecular weight excluding hydrogens is 327 g/mol. The van der Waals surface area contributed by atoms with Gasteiger partial charge in [0.25, 0.3) is 0 Å². The number of hydrogen-bond donors (Lipinski definition) is 0. The van der Waals surface area contributed by atoms with Gasteiger partial charge >= 0.3 is 8.38 Å². The van der Waals surface area contributed by atoms with E-state index < -0.39 is 8.38 Å². The fourth-order valence-electron chi connectivity index (χ4n) is 3.23. The average molecular weight is 348 g/mol. The van der Waals surface area contributed by atoms with Crippen molar-refractivity contribution >= 4 is 13.7 Å². The van der Waals surface area contributed by atoms with Crippen LogP contribution in [0.25, 0.3) is 11.1 Å². The quantitative estimate of drug-likeness (QED) is 0.548. The van der Waals surface area contributed by atoms with E-state index in [0.717, 1.165) is 35.2 Å². The van der Waals surface area contributed by atoms with Crippen LogP contribution >= 0.6 is 8.38 Å². The summed E-state index contributed by atoms with van der Waals surface area (Å²) in [5, 5.41) is 1.14. The molecule has 0 radical (unpaired) electrons. The lowest BCUT2D eigenvalue weighted by Crippen LogP contribution is -2.17. The van der Waals surface area contributed by atoms with Crippen molar-refractivity contribution in [3.63, 3.8) is 0 Å². The maximum atomic E-state index is 6.53. The Balaban J connectivity index is 1.79. The molecule has 3 heteroatoms. The molecule has 3 aromatic rings. The van der Waals surface area contributed by atoms with Crippen LogP contribution in [0, 0.1) is 0 Å². The minimum Gasteiger partial charge on any atom is -0.435 e. The molecule has 3 aromatic carbocycles. The number of fused-ring (bicyclic) bond motifs is 3. The standard InChI is InChI=1S/C22H21O2P/c1-3-16-10-9-11-17(4-2)22(16)24-25-21-15-8-6-13-19(21)18-12-5-7-14-20(18)23-25/h5-15H,3-4H2,1-2H3. The Morgan fingerprint density at radius 1 is 0.760 bits per heavy atom. The third-order valence-corrected chi connectivity index (χ3v) is 6.07. The minimum absolute atomic E-state index is 0.902. The van der Waals surface area contributed by atoms with Crippen LogP contribution in [-0.2, 0) is 12.8 Å². The zero-order valence-corrected chi connectivity index (χ0v) is 15.4. The topological polar surface area (TPSA) is 18.5 Å². The fourth-order valence-corrected chi connectivity index (χ4v) is 4.80. The second kappa shape index (κ2) is 6.90. The second-order valence-corrected chi connectivity index (χ2v) is 7.43. The summed E-state index contributed by atoms with van der Waals surface area (Å²) in [5.41, 5.74) is 4.83. The van der Waals surface area contributed by atoms with E-state index in [1.807, 2.05) is 12.1 Å². The van der Waals surface area contributed by atoms with Crippen LogP contribution < -0.4 is 14.4 Å². The van der Waals surface area contributed by atoms with Crippen LogP contribution in [0.5, 0.6) is 11.5 Å². The predicted octanol–water partition coefficient (Wildman–Crippen LogP) is 5.89. The van der Waals surface area contributed by atoms with E-state index in [1.165, 1.54) is 16.7 Å². The third-order valence-electron chi connectivity index (χ3n) is 4.57. The maximum Gasteiger partial charge on any atom is 0.326 e. The Kier molecular flexibility index (Phi) is 4.46. The summed E-state index contributed by atoms with van der Waals surface area (Å²) < 4.78 is 12.8. The molecule has 0 amide bonds. The molecule has 1 atom stereocenters. The summed E-state index contributed by atoms with van der Waals surface area (Å²) in [5.74, 6) is 1.90. The van der Waals surface area contributed by atoms with E-state index >= 15 is 0 Å². The molecule has 4 rings (SSSR count).